The molecule has 2 aliphatic carbocycles. The number of Topliss-reactive ketones (excluding diaryl/α,β-unsaturated/α-hetero) is 1. The van der Waals surface area contributed by atoms with Gasteiger partial charge in [0.15, 0.2) is 0 Å². The van der Waals surface area contributed by atoms with Crippen LogP contribution in [0.3, 0.4) is 0 Å². The van der Waals surface area contributed by atoms with Crippen LogP contribution in [-0.4, -0.2) is 24.5 Å². The Bertz CT molecular complexity index is 758. The molecule has 0 aliphatic heterocycles. The van der Waals surface area contributed by atoms with Crippen molar-refractivity contribution in [3.63, 3.8) is 0 Å². The highest BCUT2D eigenvalue weighted by atomic mass is 32.2. The highest BCUT2D eigenvalue weighted by molar-refractivity contribution is 7.85. The lowest BCUT2D eigenvalue weighted by molar-refractivity contribution is -0.128. The fourth-order valence-electron chi connectivity index (χ4n) is 1.81. The SMILES string of the molecule is [2H]C([2H])([2H])C1(C)C2(CS(=O)(=O)O)C(=O)C([2H])([2H])C1([2H])C([2H])([2H])C2([2H])[2H]. The van der Waals surface area contributed by atoms with Crippen molar-refractivity contribution in [1.29, 1.82) is 0 Å². The molecule has 2 saturated carbocycles. The van der Waals surface area contributed by atoms with Gasteiger partial charge in [0.2, 0.25) is 0 Å². The van der Waals surface area contributed by atoms with Crippen LogP contribution < -0.4 is 0 Å². The maximum atomic E-state index is 12.7. The van der Waals surface area contributed by atoms with Crippen molar-refractivity contribution >= 4 is 15.9 Å². The summed E-state index contributed by atoms with van der Waals surface area (Å²) in [5.41, 5.74) is -6.40. The predicted octanol–water partition coefficient (Wildman–Crippen LogP) is 1.27. The second-order valence-electron chi connectivity index (χ2n) is 3.84. The molecular formula is C10H16O4S. The maximum absolute atomic E-state index is 12.7. The van der Waals surface area contributed by atoms with Gasteiger partial charge in [-0.1, -0.05) is 13.8 Å². The third-order valence-electron chi connectivity index (χ3n) is 2.78. The van der Waals surface area contributed by atoms with Crippen molar-refractivity contribution in [1.82, 2.24) is 0 Å². The van der Waals surface area contributed by atoms with E-state index in [0.29, 0.717) is 6.92 Å². The molecule has 0 radical (unpaired) electrons. The van der Waals surface area contributed by atoms with Gasteiger partial charge in [0, 0.05) is 20.1 Å². The molecule has 0 aromatic carbocycles. The van der Waals surface area contributed by atoms with Crippen molar-refractivity contribution in [2.45, 2.75) is 32.9 Å². The van der Waals surface area contributed by atoms with E-state index in [1.54, 1.807) is 0 Å². The van der Waals surface area contributed by atoms with Gasteiger partial charge < -0.3 is 0 Å². The van der Waals surface area contributed by atoms with Crippen LogP contribution in [0.25, 0.3) is 0 Å². The molecule has 15 heavy (non-hydrogen) atoms. The number of fused-ring (bicyclic) bond motifs is 2. The highest BCUT2D eigenvalue weighted by Gasteiger charge is 2.65. The Labute approximate surface area is 104 Å². The fraction of sp³-hybridized carbons (Fsp3) is 0.900. The summed E-state index contributed by atoms with van der Waals surface area (Å²) in [7, 11) is -5.24. The van der Waals surface area contributed by atoms with Gasteiger partial charge in [-0.3, -0.25) is 9.35 Å². The molecule has 4 nitrogen and oxygen atoms in total. The fourth-order valence-corrected chi connectivity index (χ4v) is 2.85. The van der Waals surface area contributed by atoms with Crippen LogP contribution in [0.5, 0.6) is 0 Å². The van der Waals surface area contributed by atoms with E-state index in [0.717, 1.165) is 0 Å². The van der Waals surface area contributed by atoms with Gasteiger partial charge in [-0.25, -0.2) is 0 Å². The number of ketones is 1. The lowest BCUT2D eigenvalue weighted by Gasteiger charge is -2.35. The summed E-state index contributed by atoms with van der Waals surface area (Å²) in [6.07, 6.45) is -10.6. The standard InChI is InChI=1S/C10H16O4S/c1-9(2)7-3-4-10(9,8(11)5-7)6-15(12,13)14/h7H,3-6H2,1-2H3,(H,12,13,14)/i1D3,3D2,4D2,5D2,7D. The summed E-state index contributed by atoms with van der Waals surface area (Å²) < 4.78 is 111. The predicted molar refractivity (Wildman–Crippen MR) is 55.0 cm³/mol. The van der Waals surface area contributed by atoms with E-state index < -0.39 is 64.3 Å². The van der Waals surface area contributed by atoms with Crippen molar-refractivity contribution in [3.05, 3.63) is 0 Å². The van der Waals surface area contributed by atoms with Gasteiger partial charge in [-0.15, -0.1) is 0 Å². The van der Waals surface area contributed by atoms with Gasteiger partial charge in [0.05, 0.1) is 11.2 Å². The van der Waals surface area contributed by atoms with Crippen LogP contribution in [0.1, 0.15) is 46.6 Å². The van der Waals surface area contributed by atoms with Gasteiger partial charge in [-0.05, 0) is 24.1 Å². The highest BCUT2D eigenvalue weighted by Crippen LogP contribution is 2.64. The van der Waals surface area contributed by atoms with Crippen LogP contribution in [0, 0.1) is 16.7 Å². The average Bonchev–Trinajstić information content (AvgIpc) is 2.51. The number of hydrogen-bond donors (Lipinski definition) is 1. The van der Waals surface area contributed by atoms with Crippen molar-refractivity contribution in [2.75, 3.05) is 5.75 Å². The number of hydrogen-bond acceptors (Lipinski definition) is 3. The molecule has 86 valence electrons. The minimum atomic E-state index is -5.24. The molecule has 0 aromatic rings. The van der Waals surface area contributed by atoms with Gasteiger partial charge >= 0.3 is 0 Å². The maximum Gasteiger partial charge on any atom is 0.265 e. The van der Waals surface area contributed by atoms with Crippen LogP contribution >= 0.6 is 0 Å². The number of carbonyl (C=O) groups excluding carboxylic acids is 1. The molecule has 3 unspecified atom stereocenters. The van der Waals surface area contributed by atoms with E-state index in [2.05, 4.69) is 0 Å². The van der Waals surface area contributed by atoms with E-state index in [4.69, 9.17) is 13.7 Å². The Kier molecular flexibility index (Phi) is 0.774. The second-order valence-corrected chi connectivity index (χ2v) is 5.29. The Balaban J connectivity index is 3.15. The van der Waals surface area contributed by atoms with E-state index in [9.17, 15) is 17.8 Å². The molecule has 2 aliphatic rings. The molecule has 0 saturated heterocycles. The van der Waals surface area contributed by atoms with Crippen molar-refractivity contribution < 1.29 is 31.5 Å². The second kappa shape index (κ2) is 2.83. The van der Waals surface area contributed by atoms with E-state index in [-0.39, 0.29) is 0 Å². The van der Waals surface area contributed by atoms with Crippen molar-refractivity contribution in [2.24, 2.45) is 16.7 Å². The van der Waals surface area contributed by atoms with Crippen molar-refractivity contribution in [3.8, 4) is 0 Å². The summed E-state index contributed by atoms with van der Waals surface area (Å²) >= 11 is 0. The minimum Gasteiger partial charge on any atom is -0.299 e. The first-order chi connectivity index (χ1) is 10.6. The Morgan fingerprint density at radius 2 is 2.47 bits per heavy atom. The Morgan fingerprint density at radius 1 is 1.80 bits per heavy atom. The first kappa shape index (κ1) is 4.11. The summed E-state index contributed by atoms with van der Waals surface area (Å²) in [6, 6.07) is 0. The summed E-state index contributed by atoms with van der Waals surface area (Å²) in [5, 5.41) is 0. The average molecular weight is 242 g/mol. The summed E-state index contributed by atoms with van der Waals surface area (Å²) in [5.74, 6) is -7.17. The molecule has 0 aromatic heterocycles. The molecule has 5 heteroatoms. The van der Waals surface area contributed by atoms with Gasteiger partial charge in [0.25, 0.3) is 10.1 Å². The first-order valence-electron chi connectivity index (χ1n) is 9.11. The van der Waals surface area contributed by atoms with Crippen LogP contribution in [0.15, 0.2) is 0 Å². The normalized spacial score (nSPS) is 70.7. The van der Waals surface area contributed by atoms with Crippen LogP contribution in [0.2, 0.25) is 0 Å². The smallest absolute Gasteiger partial charge is 0.265 e. The lowest BCUT2D eigenvalue weighted by Crippen LogP contribution is -2.42. The van der Waals surface area contributed by atoms with E-state index >= 15 is 0 Å². The summed E-state index contributed by atoms with van der Waals surface area (Å²) in [4.78, 5) is 12.7. The van der Waals surface area contributed by atoms with Gasteiger partial charge in [-0.2, -0.15) is 8.42 Å². The minimum absolute atomic E-state index is 0.615. The molecule has 2 bridgehead atoms. The Morgan fingerprint density at radius 3 is 3.00 bits per heavy atom. The third kappa shape index (κ3) is 1.36. The topological polar surface area (TPSA) is 71.4 Å². The quantitative estimate of drug-likeness (QED) is 0.740. The first-order valence-corrected chi connectivity index (χ1v) is 5.72. The van der Waals surface area contributed by atoms with Gasteiger partial charge in [0.1, 0.15) is 5.78 Å². The Hall–Kier alpha value is -0.420. The molecule has 3 atom stereocenters. The molecule has 2 fully saturated rings. The monoisotopic (exact) mass is 242 g/mol. The molecular weight excluding hydrogens is 216 g/mol. The molecule has 2 rings (SSSR count). The molecule has 0 amide bonds. The zero-order valence-electron chi connectivity index (χ0n) is 17.8. The molecule has 1 N–H and O–H groups in total. The largest absolute Gasteiger partial charge is 0.299 e. The number of rotatable bonds is 2. The van der Waals surface area contributed by atoms with E-state index in [1.807, 2.05) is 0 Å². The summed E-state index contributed by atoms with van der Waals surface area (Å²) in [6.45, 7) is -2.88. The third-order valence-corrected chi connectivity index (χ3v) is 3.58. The lowest BCUT2D eigenvalue weighted by atomic mass is 9.70. The zero-order valence-corrected chi connectivity index (χ0v) is 8.60. The molecule has 0 heterocycles. The molecule has 0 spiro atoms. The van der Waals surface area contributed by atoms with Crippen LogP contribution in [-0.2, 0) is 14.9 Å². The number of carbonyl (C=O) groups is 1. The van der Waals surface area contributed by atoms with Crippen LogP contribution in [0.4, 0.5) is 0 Å². The van der Waals surface area contributed by atoms with E-state index in [1.165, 1.54) is 0 Å². The zero-order chi connectivity index (χ0) is 20.3.